The second kappa shape index (κ2) is 7.36. The number of anilines is 1. The molecule has 1 aromatic heterocycles. The Kier molecular flexibility index (Phi) is 5.25. The van der Waals surface area contributed by atoms with E-state index in [0.29, 0.717) is 30.4 Å². The quantitative estimate of drug-likeness (QED) is 0.804. The number of amides is 1. The summed E-state index contributed by atoms with van der Waals surface area (Å²) in [5, 5.41) is 5.95. The van der Waals surface area contributed by atoms with Gasteiger partial charge in [-0.15, -0.1) is 6.58 Å². The third kappa shape index (κ3) is 4.15. The highest BCUT2D eigenvalue weighted by Gasteiger charge is 2.10. The van der Waals surface area contributed by atoms with E-state index < -0.39 is 0 Å². The summed E-state index contributed by atoms with van der Waals surface area (Å²) < 4.78 is 0. The minimum atomic E-state index is -0.213. The van der Waals surface area contributed by atoms with Gasteiger partial charge in [0, 0.05) is 19.2 Å². The van der Waals surface area contributed by atoms with Crippen molar-refractivity contribution in [3.63, 3.8) is 0 Å². The van der Waals surface area contributed by atoms with E-state index in [9.17, 15) is 4.79 Å². The first-order valence-electron chi connectivity index (χ1n) is 7.13. The van der Waals surface area contributed by atoms with Gasteiger partial charge in [0.15, 0.2) is 0 Å². The lowest BCUT2D eigenvalue weighted by molar-refractivity contribution is 0.0945. The first kappa shape index (κ1) is 15.7. The van der Waals surface area contributed by atoms with Crippen molar-refractivity contribution in [1.82, 2.24) is 15.3 Å². The summed E-state index contributed by atoms with van der Waals surface area (Å²) in [6.45, 7) is 8.48. The Bertz CT molecular complexity index is 682. The molecule has 0 saturated carbocycles. The van der Waals surface area contributed by atoms with Crippen LogP contribution in [0.15, 0.2) is 43.0 Å². The molecule has 2 rings (SSSR count). The van der Waals surface area contributed by atoms with Crippen LogP contribution in [0.4, 0.5) is 5.82 Å². The summed E-state index contributed by atoms with van der Waals surface area (Å²) in [7, 11) is 0. The topological polar surface area (TPSA) is 66.9 Å². The molecule has 0 aliphatic rings. The van der Waals surface area contributed by atoms with E-state index in [4.69, 9.17) is 0 Å². The van der Waals surface area contributed by atoms with Crippen molar-refractivity contribution >= 4 is 11.7 Å². The van der Waals surface area contributed by atoms with Crippen LogP contribution < -0.4 is 10.6 Å². The molecule has 0 aliphatic carbocycles. The molecule has 114 valence electrons. The summed E-state index contributed by atoms with van der Waals surface area (Å²) in [5.74, 6) is 0.957. The Morgan fingerprint density at radius 3 is 2.77 bits per heavy atom. The summed E-state index contributed by atoms with van der Waals surface area (Å²) >= 11 is 0. The van der Waals surface area contributed by atoms with Gasteiger partial charge in [0.25, 0.3) is 5.91 Å². The number of aryl methyl sites for hydroxylation is 2. The summed E-state index contributed by atoms with van der Waals surface area (Å²) in [6, 6.07) is 9.60. The number of hydrogen-bond acceptors (Lipinski definition) is 4. The Balaban J connectivity index is 2.07. The Hall–Kier alpha value is -2.69. The zero-order chi connectivity index (χ0) is 15.9. The predicted octanol–water partition coefficient (Wildman–Crippen LogP) is 2.62. The van der Waals surface area contributed by atoms with Crippen LogP contribution in [0.5, 0.6) is 0 Å². The molecular weight excluding hydrogens is 276 g/mol. The molecule has 22 heavy (non-hydrogen) atoms. The fraction of sp³-hybridized carbons (Fsp3) is 0.235. The number of rotatable bonds is 6. The van der Waals surface area contributed by atoms with Crippen LogP contribution in [0, 0.1) is 13.8 Å². The number of aromatic nitrogens is 2. The van der Waals surface area contributed by atoms with Gasteiger partial charge in [-0.25, -0.2) is 9.97 Å². The Labute approximate surface area is 130 Å². The van der Waals surface area contributed by atoms with E-state index in [1.165, 1.54) is 0 Å². The zero-order valence-corrected chi connectivity index (χ0v) is 12.9. The number of carbonyl (C=O) groups is 1. The van der Waals surface area contributed by atoms with Gasteiger partial charge in [-0.3, -0.25) is 4.79 Å². The SMILES string of the molecule is C=CCNc1cc(C(=O)NCc2ccccc2C)nc(C)n1. The van der Waals surface area contributed by atoms with Crippen LogP contribution >= 0.6 is 0 Å². The Morgan fingerprint density at radius 1 is 1.27 bits per heavy atom. The van der Waals surface area contributed by atoms with Crippen LogP contribution in [-0.2, 0) is 6.54 Å². The molecule has 5 nitrogen and oxygen atoms in total. The maximum atomic E-state index is 12.3. The molecule has 1 heterocycles. The molecule has 0 unspecified atom stereocenters. The molecule has 2 aromatic rings. The van der Waals surface area contributed by atoms with Gasteiger partial charge in [-0.1, -0.05) is 30.3 Å². The standard InChI is InChI=1S/C17H20N4O/c1-4-9-18-16-10-15(20-13(3)21-16)17(22)19-11-14-8-6-5-7-12(14)2/h4-8,10H,1,9,11H2,2-3H3,(H,19,22)(H,18,20,21). The lowest BCUT2D eigenvalue weighted by Gasteiger charge is -2.09. The van der Waals surface area contributed by atoms with Crippen LogP contribution in [0.1, 0.15) is 27.4 Å². The maximum Gasteiger partial charge on any atom is 0.270 e. The molecule has 0 aliphatic heterocycles. The van der Waals surface area contributed by atoms with Gasteiger partial charge >= 0.3 is 0 Å². The van der Waals surface area contributed by atoms with E-state index in [-0.39, 0.29) is 5.91 Å². The van der Waals surface area contributed by atoms with Crippen molar-refractivity contribution in [3.05, 3.63) is 65.6 Å². The van der Waals surface area contributed by atoms with Crippen LogP contribution in [-0.4, -0.2) is 22.4 Å². The lowest BCUT2D eigenvalue weighted by atomic mass is 10.1. The maximum absolute atomic E-state index is 12.3. The van der Waals surface area contributed by atoms with Crippen LogP contribution in [0.3, 0.4) is 0 Å². The van der Waals surface area contributed by atoms with Gasteiger partial charge in [-0.05, 0) is 25.0 Å². The van der Waals surface area contributed by atoms with Gasteiger partial charge in [0.05, 0.1) is 0 Å². The first-order chi connectivity index (χ1) is 10.6. The average Bonchev–Trinajstić information content (AvgIpc) is 2.51. The molecule has 0 bridgehead atoms. The zero-order valence-electron chi connectivity index (χ0n) is 12.9. The molecule has 1 amide bonds. The molecule has 0 spiro atoms. The number of nitrogens with one attached hydrogen (secondary N) is 2. The van der Waals surface area contributed by atoms with Crippen molar-refractivity contribution in [2.24, 2.45) is 0 Å². The minimum Gasteiger partial charge on any atom is -0.366 e. The van der Waals surface area contributed by atoms with E-state index in [0.717, 1.165) is 11.1 Å². The first-order valence-corrected chi connectivity index (χ1v) is 7.13. The smallest absolute Gasteiger partial charge is 0.270 e. The fourth-order valence-corrected chi connectivity index (χ4v) is 2.03. The molecule has 0 radical (unpaired) electrons. The second-order valence-corrected chi connectivity index (χ2v) is 4.96. The summed E-state index contributed by atoms with van der Waals surface area (Å²) in [4.78, 5) is 20.7. The third-order valence-corrected chi connectivity index (χ3v) is 3.20. The van der Waals surface area contributed by atoms with Crippen molar-refractivity contribution < 1.29 is 4.79 Å². The van der Waals surface area contributed by atoms with E-state index >= 15 is 0 Å². The number of benzene rings is 1. The number of carbonyl (C=O) groups excluding carboxylic acids is 1. The van der Waals surface area contributed by atoms with Gasteiger partial charge in [0.1, 0.15) is 17.3 Å². The second-order valence-electron chi connectivity index (χ2n) is 4.96. The Morgan fingerprint density at radius 2 is 2.05 bits per heavy atom. The molecular formula is C17H20N4O. The number of hydrogen-bond donors (Lipinski definition) is 2. The van der Waals surface area contributed by atoms with E-state index in [1.807, 2.05) is 31.2 Å². The largest absolute Gasteiger partial charge is 0.366 e. The summed E-state index contributed by atoms with van der Waals surface area (Å²) in [6.07, 6.45) is 1.73. The molecule has 0 atom stereocenters. The van der Waals surface area contributed by atoms with Crippen molar-refractivity contribution in [3.8, 4) is 0 Å². The van der Waals surface area contributed by atoms with E-state index in [1.54, 1.807) is 19.1 Å². The highest BCUT2D eigenvalue weighted by molar-refractivity contribution is 5.92. The van der Waals surface area contributed by atoms with Crippen molar-refractivity contribution in [2.75, 3.05) is 11.9 Å². The molecule has 1 aromatic carbocycles. The fourth-order valence-electron chi connectivity index (χ4n) is 2.03. The normalized spacial score (nSPS) is 10.1. The van der Waals surface area contributed by atoms with Crippen molar-refractivity contribution in [1.29, 1.82) is 0 Å². The van der Waals surface area contributed by atoms with Crippen molar-refractivity contribution in [2.45, 2.75) is 20.4 Å². The van der Waals surface area contributed by atoms with Gasteiger partial charge in [0.2, 0.25) is 0 Å². The predicted molar refractivity (Wildman–Crippen MR) is 87.8 cm³/mol. The van der Waals surface area contributed by atoms with Crippen LogP contribution in [0.2, 0.25) is 0 Å². The summed E-state index contributed by atoms with van der Waals surface area (Å²) in [5.41, 5.74) is 2.59. The monoisotopic (exact) mass is 296 g/mol. The third-order valence-electron chi connectivity index (χ3n) is 3.20. The highest BCUT2D eigenvalue weighted by Crippen LogP contribution is 2.09. The molecule has 0 fully saturated rings. The van der Waals surface area contributed by atoms with Crippen LogP contribution in [0.25, 0.3) is 0 Å². The van der Waals surface area contributed by atoms with Gasteiger partial charge in [-0.2, -0.15) is 0 Å². The molecule has 2 N–H and O–H groups in total. The molecule has 0 saturated heterocycles. The lowest BCUT2D eigenvalue weighted by Crippen LogP contribution is -2.25. The molecule has 5 heteroatoms. The average molecular weight is 296 g/mol. The highest BCUT2D eigenvalue weighted by atomic mass is 16.1. The number of nitrogens with zero attached hydrogens (tertiary/aromatic N) is 2. The van der Waals surface area contributed by atoms with Gasteiger partial charge < -0.3 is 10.6 Å². The van der Waals surface area contributed by atoms with E-state index in [2.05, 4.69) is 27.2 Å². The minimum absolute atomic E-state index is 0.213.